The largest absolute Gasteiger partial charge is 0.276 e. The molecule has 1 aromatic heterocycles. The lowest BCUT2D eigenvalue weighted by Crippen LogP contribution is -2.14. The van der Waals surface area contributed by atoms with Gasteiger partial charge in [-0.25, -0.2) is 13.1 Å². The van der Waals surface area contributed by atoms with Gasteiger partial charge in [-0.05, 0) is 75.4 Å². The van der Waals surface area contributed by atoms with Gasteiger partial charge in [-0.1, -0.05) is 23.8 Å². The van der Waals surface area contributed by atoms with E-state index in [1.54, 1.807) is 16.8 Å². The molecule has 0 spiro atoms. The average molecular weight is 382 g/mol. The molecule has 0 saturated carbocycles. The zero-order valence-electron chi connectivity index (χ0n) is 15.8. The molecule has 140 valence electrons. The van der Waals surface area contributed by atoms with Gasteiger partial charge in [-0.2, -0.15) is 5.10 Å². The van der Waals surface area contributed by atoms with Crippen LogP contribution in [0.25, 0.3) is 5.69 Å². The molecular formula is C21H23N3O2S. The van der Waals surface area contributed by atoms with Gasteiger partial charge in [0.1, 0.15) is 0 Å². The number of benzene rings is 2. The fraction of sp³-hybridized carbons (Fsp3) is 0.286. The van der Waals surface area contributed by atoms with Crippen molar-refractivity contribution in [3.05, 3.63) is 70.5 Å². The van der Waals surface area contributed by atoms with Crippen LogP contribution in [0, 0.1) is 20.8 Å². The van der Waals surface area contributed by atoms with Crippen molar-refractivity contribution >= 4 is 15.7 Å². The molecule has 5 nitrogen and oxygen atoms in total. The molecule has 1 aliphatic carbocycles. The van der Waals surface area contributed by atoms with Crippen molar-refractivity contribution in [3.63, 3.8) is 0 Å². The number of aromatic nitrogens is 2. The van der Waals surface area contributed by atoms with Gasteiger partial charge in [0.15, 0.2) is 0 Å². The quantitative estimate of drug-likeness (QED) is 0.740. The summed E-state index contributed by atoms with van der Waals surface area (Å²) in [5, 5.41) is 4.54. The molecule has 4 rings (SSSR count). The van der Waals surface area contributed by atoms with Crippen molar-refractivity contribution in [1.29, 1.82) is 0 Å². The van der Waals surface area contributed by atoms with Crippen LogP contribution < -0.4 is 4.72 Å². The summed E-state index contributed by atoms with van der Waals surface area (Å²) in [4.78, 5) is 0.310. The molecule has 0 bridgehead atoms. The molecule has 0 aliphatic heterocycles. The van der Waals surface area contributed by atoms with Crippen LogP contribution in [0.15, 0.2) is 47.4 Å². The Morgan fingerprint density at radius 3 is 2.41 bits per heavy atom. The molecule has 3 aromatic rings. The van der Waals surface area contributed by atoms with E-state index in [2.05, 4.69) is 9.82 Å². The van der Waals surface area contributed by atoms with Crippen LogP contribution in [0.5, 0.6) is 0 Å². The van der Waals surface area contributed by atoms with Gasteiger partial charge >= 0.3 is 0 Å². The van der Waals surface area contributed by atoms with E-state index >= 15 is 0 Å². The van der Waals surface area contributed by atoms with Crippen molar-refractivity contribution in [2.45, 2.75) is 44.9 Å². The molecule has 27 heavy (non-hydrogen) atoms. The van der Waals surface area contributed by atoms with Crippen LogP contribution in [0.2, 0.25) is 0 Å². The molecule has 0 unspecified atom stereocenters. The van der Waals surface area contributed by atoms with E-state index in [1.165, 1.54) is 5.56 Å². The van der Waals surface area contributed by atoms with Crippen LogP contribution in [0.4, 0.5) is 5.69 Å². The summed E-state index contributed by atoms with van der Waals surface area (Å²) in [7, 11) is -3.66. The Morgan fingerprint density at radius 2 is 1.67 bits per heavy atom. The van der Waals surface area contributed by atoms with Gasteiger partial charge in [0.2, 0.25) is 0 Å². The molecule has 0 saturated heterocycles. The predicted octanol–water partition coefficient (Wildman–Crippen LogP) is 4.09. The van der Waals surface area contributed by atoms with E-state index in [4.69, 9.17) is 0 Å². The molecule has 1 N–H and O–H groups in total. The van der Waals surface area contributed by atoms with E-state index in [0.29, 0.717) is 16.3 Å². The van der Waals surface area contributed by atoms with Gasteiger partial charge < -0.3 is 0 Å². The highest BCUT2D eigenvalue weighted by Gasteiger charge is 2.22. The number of nitrogens with one attached hydrogen (secondary N) is 1. The molecule has 6 heteroatoms. The third-order valence-electron chi connectivity index (χ3n) is 5.19. The van der Waals surface area contributed by atoms with Gasteiger partial charge in [-0.15, -0.1) is 0 Å². The Kier molecular flexibility index (Phi) is 4.30. The average Bonchev–Trinajstić information content (AvgIpc) is 3.21. The van der Waals surface area contributed by atoms with E-state index in [-0.39, 0.29) is 0 Å². The lowest BCUT2D eigenvalue weighted by Gasteiger charge is -2.10. The number of nitrogens with zero attached hydrogens (tertiary/aromatic N) is 2. The minimum atomic E-state index is -3.66. The molecule has 1 heterocycles. The summed E-state index contributed by atoms with van der Waals surface area (Å²) < 4.78 is 30.4. The first-order valence-electron chi connectivity index (χ1n) is 9.13. The number of fused-ring (bicyclic) bond motifs is 1. The Bertz CT molecular complexity index is 1110. The van der Waals surface area contributed by atoms with Crippen LogP contribution in [0.3, 0.4) is 0 Å². The van der Waals surface area contributed by atoms with Crippen molar-refractivity contribution < 1.29 is 8.42 Å². The second-order valence-corrected chi connectivity index (χ2v) is 8.87. The molecule has 0 amide bonds. The first-order valence-corrected chi connectivity index (χ1v) is 10.6. The van der Waals surface area contributed by atoms with E-state index in [1.807, 2.05) is 51.1 Å². The van der Waals surface area contributed by atoms with Gasteiger partial charge in [0.05, 0.1) is 27.7 Å². The zero-order valence-corrected chi connectivity index (χ0v) is 16.6. The Labute approximate surface area is 160 Å². The van der Waals surface area contributed by atoms with Crippen molar-refractivity contribution in [1.82, 2.24) is 9.78 Å². The van der Waals surface area contributed by atoms with E-state index in [9.17, 15) is 8.42 Å². The molecular weight excluding hydrogens is 358 g/mol. The zero-order chi connectivity index (χ0) is 19.2. The third kappa shape index (κ3) is 3.25. The maximum Gasteiger partial charge on any atom is 0.262 e. The van der Waals surface area contributed by atoms with Gasteiger partial charge in [0, 0.05) is 0 Å². The van der Waals surface area contributed by atoms with Gasteiger partial charge in [0.25, 0.3) is 10.0 Å². The van der Waals surface area contributed by atoms with Crippen LogP contribution in [-0.2, 0) is 22.9 Å². The number of hydrogen-bond acceptors (Lipinski definition) is 3. The minimum Gasteiger partial charge on any atom is -0.276 e. The van der Waals surface area contributed by atoms with Crippen molar-refractivity contribution in [2.24, 2.45) is 0 Å². The highest BCUT2D eigenvalue weighted by atomic mass is 32.2. The van der Waals surface area contributed by atoms with Crippen LogP contribution >= 0.6 is 0 Å². The molecule has 2 aromatic carbocycles. The first-order chi connectivity index (χ1) is 12.8. The molecule has 0 fully saturated rings. The molecule has 1 aliphatic rings. The topological polar surface area (TPSA) is 64.0 Å². The summed E-state index contributed by atoms with van der Waals surface area (Å²) in [5.74, 6) is 0. The third-order valence-corrected chi connectivity index (χ3v) is 6.53. The Morgan fingerprint density at radius 1 is 0.963 bits per heavy atom. The SMILES string of the molecule is Cc1ccc(-n2nc(C)c(NS(=O)(=O)c3ccc4c(c3)CCC4)c2C)cc1. The first kappa shape index (κ1) is 17.8. The highest BCUT2D eigenvalue weighted by molar-refractivity contribution is 7.92. The van der Waals surface area contributed by atoms with Crippen molar-refractivity contribution in [3.8, 4) is 5.69 Å². The lowest BCUT2D eigenvalue weighted by atomic mass is 10.1. The molecule has 0 atom stereocenters. The van der Waals surface area contributed by atoms with Gasteiger partial charge in [-0.3, -0.25) is 4.72 Å². The number of anilines is 1. The smallest absolute Gasteiger partial charge is 0.262 e. The fourth-order valence-corrected chi connectivity index (χ4v) is 4.86. The Balaban J connectivity index is 1.69. The normalized spacial score (nSPS) is 13.6. The van der Waals surface area contributed by atoms with E-state index in [0.717, 1.165) is 41.8 Å². The van der Waals surface area contributed by atoms with Crippen LogP contribution in [0.1, 0.15) is 34.5 Å². The summed E-state index contributed by atoms with van der Waals surface area (Å²) in [5.41, 5.74) is 6.42. The Hall–Kier alpha value is -2.60. The summed E-state index contributed by atoms with van der Waals surface area (Å²) in [6.45, 7) is 5.72. The number of hydrogen-bond donors (Lipinski definition) is 1. The highest BCUT2D eigenvalue weighted by Crippen LogP contribution is 2.28. The monoisotopic (exact) mass is 381 g/mol. The van der Waals surface area contributed by atoms with Crippen LogP contribution in [-0.4, -0.2) is 18.2 Å². The van der Waals surface area contributed by atoms with Crippen molar-refractivity contribution in [2.75, 3.05) is 4.72 Å². The fourth-order valence-electron chi connectivity index (χ4n) is 3.64. The number of rotatable bonds is 4. The lowest BCUT2D eigenvalue weighted by molar-refractivity contribution is 0.601. The minimum absolute atomic E-state index is 0.310. The maximum absolute atomic E-state index is 12.9. The summed E-state index contributed by atoms with van der Waals surface area (Å²) in [6.07, 6.45) is 3.07. The van der Waals surface area contributed by atoms with E-state index < -0.39 is 10.0 Å². The molecule has 0 radical (unpaired) electrons. The number of aryl methyl sites for hydroxylation is 4. The maximum atomic E-state index is 12.9. The summed E-state index contributed by atoms with van der Waals surface area (Å²) >= 11 is 0. The standard InChI is InChI=1S/C21H23N3O2S/c1-14-7-10-19(11-8-14)24-16(3)21(15(2)22-24)23-27(25,26)20-12-9-17-5-4-6-18(17)13-20/h7-13,23H,4-6H2,1-3H3. The number of sulfonamides is 1. The summed E-state index contributed by atoms with van der Waals surface area (Å²) in [6, 6.07) is 13.4. The predicted molar refractivity (Wildman–Crippen MR) is 107 cm³/mol. The second-order valence-electron chi connectivity index (χ2n) is 7.18. The second kappa shape index (κ2) is 6.53.